The fraction of sp³-hybridized carbons (Fsp3) is 0.831. The molecule has 0 aliphatic carbocycles. The van der Waals surface area contributed by atoms with Gasteiger partial charge in [-0.05, 0) is 50.7 Å². The van der Waals surface area contributed by atoms with Crippen LogP contribution in [0.1, 0.15) is 279 Å². The van der Waals surface area contributed by atoms with Gasteiger partial charge in [-0.2, -0.15) is 0 Å². The van der Waals surface area contributed by atoms with Crippen molar-refractivity contribution in [3.8, 4) is 0 Å². The molecular weight excluding hydrogens is 833 g/mol. The Bertz CT molecular complexity index is 1320. The molecule has 0 spiro atoms. The minimum atomic E-state index is -1.15. The van der Waals surface area contributed by atoms with E-state index in [9.17, 15) is 24.3 Å². The van der Waals surface area contributed by atoms with Crippen LogP contribution in [0, 0.1) is 0 Å². The molecule has 8 heteroatoms. The standard InChI is InChI=1S/C59H107N2O6/c1-7-9-11-13-15-17-19-21-23-25-27-29-31-33-35-43-53(62)45-39-41-49-60(3,4)51-55(67-59(66)57-48-38-37-47-56(57)58(64)65)52-61(5,6)50-42-40-46-54(63)44-36-34-32-30-28-26-24-22-20-18-16-14-12-10-8-2/h37-38,47-48,55H,7-36,39-46,49-52H2,1-6H3/q+1/p+1. The number of carboxylic acids is 1. The number of unbranched alkanes of at least 4 members (excludes halogenated alkanes) is 30. The second-order valence-corrected chi connectivity index (χ2v) is 22.0. The maximum Gasteiger partial charge on any atom is 0.339 e. The van der Waals surface area contributed by atoms with Crippen molar-refractivity contribution in [3.63, 3.8) is 0 Å². The lowest BCUT2D eigenvalue weighted by molar-refractivity contribution is -0.914. The molecule has 0 aliphatic rings. The van der Waals surface area contributed by atoms with Gasteiger partial charge in [0.2, 0.25) is 0 Å². The van der Waals surface area contributed by atoms with E-state index in [1.807, 2.05) is 0 Å². The van der Waals surface area contributed by atoms with E-state index in [0.717, 1.165) is 64.5 Å². The van der Waals surface area contributed by atoms with E-state index in [2.05, 4.69) is 42.0 Å². The summed E-state index contributed by atoms with van der Waals surface area (Å²) in [6.45, 7) is 7.40. The maximum absolute atomic E-state index is 13.5. The Kier molecular flexibility index (Phi) is 38.4. The normalized spacial score (nSPS) is 12.0. The quantitative estimate of drug-likeness (QED) is 0.0397. The van der Waals surface area contributed by atoms with Crippen molar-refractivity contribution in [2.75, 3.05) is 54.4 Å². The molecule has 0 fully saturated rings. The summed E-state index contributed by atoms with van der Waals surface area (Å²) in [6, 6.07) is 6.25. The van der Waals surface area contributed by atoms with E-state index in [0.29, 0.717) is 59.3 Å². The SMILES string of the molecule is CCCCCCCCCCCCCCCCCC(=O)CCCC[N+](C)(C)CC(C[N+](C)(C)CCCCC(=O)CCCCCCCCCCCCCCCCC)OC(=O)c1ccccc1C(=O)O. The Morgan fingerprint density at radius 1 is 0.418 bits per heavy atom. The van der Waals surface area contributed by atoms with Gasteiger partial charge in [0.15, 0.2) is 6.10 Å². The molecule has 0 aromatic heterocycles. The lowest BCUT2D eigenvalue weighted by Crippen LogP contribution is -2.54. The Morgan fingerprint density at radius 2 is 0.687 bits per heavy atom. The summed E-state index contributed by atoms with van der Waals surface area (Å²) in [5.74, 6) is -1.03. The van der Waals surface area contributed by atoms with Crippen LogP contribution in [-0.2, 0) is 14.3 Å². The molecule has 1 aromatic rings. The summed E-state index contributed by atoms with van der Waals surface area (Å²) < 4.78 is 7.43. The minimum absolute atomic E-state index is 0.0585. The number of hydrogen-bond donors (Lipinski definition) is 1. The predicted molar refractivity (Wildman–Crippen MR) is 283 cm³/mol. The first-order valence-electron chi connectivity index (χ1n) is 28.5. The second-order valence-electron chi connectivity index (χ2n) is 22.0. The van der Waals surface area contributed by atoms with Crippen molar-refractivity contribution in [3.05, 3.63) is 35.4 Å². The number of ether oxygens (including phenoxy) is 1. The third-order valence-corrected chi connectivity index (χ3v) is 14.1. The summed E-state index contributed by atoms with van der Waals surface area (Å²) in [5.41, 5.74) is 0.00702. The Balaban J connectivity index is 2.42. The first-order chi connectivity index (χ1) is 32.3. The third kappa shape index (κ3) is 37.0. The number of likely N-dealkylation sites (N-methyl/N-ethyl adjacent to an activating group) is 2. The summed E-state index contributed by atoms with van der Waals surface area (Å²) in [5, 5.41) is 9.78. The molecule has 0 saturated heterocycles. The fourth-order valence-electron chi connectivity index (χ4n) is 9.84. The molecule has 388 valence electrons. The number of aromatic carboxylic acids is 1. The topological polar surface area (TPSA) is 97.7 Å². The van der Waals surface area contributed by atoms with Crippen molar-refractivity contribution < 1.29 is 38.0 Å². The molecule has 0 unspecified atom stereocenters. The van der Waals surface area contributed by atoms with Crippen LogP contribution in [0.5, 0.6) is 0 Å². The maximum atomic E-state index is 13.5. The molecule has 1 aromatic carbocycles. The van der Waals surface area contributed by atoms with E-state index in [1.54, 1.807) is 12.1 Å². The van der Waals surface area contributed by atoms with Crippen LogP contribution in [0.25, 0.3) is 0 Å². The van der Waals surface area contributed by atoms with Crippen molar-refractivity contribution in [1.29, 1.82) is 0 Å². The van der Waals surface area contributed by atoms with E-state index in [4.69, 9.17) is 4.74 Å². The zero-order valence-corrected chi connectivity index (χ0v) is 45.0. The molecule has 0 amide bonds. The highest BCUT2D eigenvalue weighted by molar-refractivity contribution is 6.02. The molecule has 0 saturated carbocycles. The fourth-order valence-corrected chi connectivity index (χ4v) is 9.84. The Labute approximate surface area is 413 Å². The third-order valence-electron chi connectivity index (χ3n) is 14.1. The minimum Gasteiger partial charge on any atom is -0.478 e. The number of rotatable bonds is 49. The molecule has 0 radical (unpaired) electrons. The van der Waals surface area contributed by atoms with Crippen LogP contribution in [0.4, 0.5) is 0 Å². The molecule has 8 nitrogen and oxygen atoms in total. The number of Topliss-reactive ketones (excluding diaryl/α,β-unsaturated/α-hetero) is 2. The van der Waals surface area contributed by atoms with Gasteiger partial charge in [-0.25, -0.2) is 9.59 Å². The lowest BCUT2D eigenvalue weighted by atomic mass is 10.0. The van der Waals surface area contributed by atoms with E-state index >= 15 is 0 Å². The van der Waals surface area contributed by atoms with E-state index in [-0.39, 0.29) is 11.1 Å². The van der Waals surface area contributed by atoms with E-state index in [1.165, 1.54) is 179 Å². The van der Waals surface area contributed by atoms with Gasteiger partial charge in [0, 0.05) is 25.7 Å². The number of nitrogens with zero attached hydrogens (tertiary/aromatic N) is 2. The number of quaternary nitrogens is 2. The molecule has 0 bridgehead atoms. The van der Waals surface area contributed by atoms with Gasteiger partial charge in [0.25, 0.3) is 0 Å². The second kappa shape index (κ2) is 41.2. The van der Waals surface area contributed by atoms with Crippen LogP contribution < -0.4 is 0 Å². The van der Waals surface area contributed by atoms with Crippen molar-refractivity contribution in [2.24, 2.45) is 0 Å². The number of hydrogen-bond acceptors (Lipinski definition) is 5. The molecule has 0 atom stereocenters. The van der Waals surface area contributed by atoms with Crippen LogP contribution >= 0.6 is 0 Å². The smallest absolute Gasteiger partial charge is 0.339 e. The first-order valence-corrected chi connectivity index (χ1v) is 28.5. The van der Waals surface area contributed by atoms with Crippen molar-refractivity contribution >= 4 is 23.5 Å². The van der Waals surface area contributed by atoms with Gasteiger partial charge < -0.3 is 18.8 Å². The number of carbonyl (C=O) groups is 4. The largest absolute Gasteiger partial charge is 0.478 e. The number of carboxylic acid groups (broad SMARTS) is 1. The highest BCUT2D eigenvalue weighted by atomic mass is 16.5. The summed E-state index contributed by atoms with van der Waals surface area (Å²) in [4.78, 5) is 51.0. The van der Waals surface area contributed by atoms with Crippen molar-refractivity contribution in [2.45, 2.75) is 264 Å². The average Bonchev–Trinajstić information content (AvgIpc) is 3.28. The highest BCUT2D eigenvalue weighted by Crippen LogP contribution is 2.19. The monoisotopic (exact) mass is 941 g/mol. The molecular formula is C59H108N2O6+2. The Hall–Kier alpha value is -2.58. The lowest BCUT2D eigenvalue weighted by Gasteiger charge is -2.37. The van der Waals surface area contributed by atoms with Crippen LogP contribution in [0.3, 0.4) is 0 Å². The summed E-state index contributed by atoms with van der Waals surface area (Å²) >= 11 is 0. The number of ketones is 2. The van der Waals surface area contributed by atoms with Crippen LogP contribution in [0.2, 0.25) is 0 Å². The average molecular weight is 942 g/mol. The van der Waals surface area contributed by atoms with Crippen LogP contribution in [0.15, 0.2) is 24.3 Å². The zero-order chi connectivity index (χ0) is 49.3. The van der Waals surface area contributed by atoms with Gasteiger partial charge in [0.05, 0.1) is 52.4 Å². The van der Waals surface area contributed by atoms with Gasteiger partial charge >= 0.3 is 11.9 Å². The van der Waals surface area contributed by atoms with Crippen LogP contribution in [-0.4, -0.2) is 98.1 Å². The molecule has 0 aliphatic heterocycles. The van der Waals surface area contributed by atoms with Gasteiger partial charge in [-0.15, -0.1) is 0 Å². The van der Waals surface area contributed by atoms with Crippen molar-refractivity contribution in [1.82, 2.24) is 0 Å². The molecule has 67 heavy (non-hydrogen) atoms. The van der Waals surface area contributed by atoms with Gasteiger partial charge in [-0.1, -0.05) is 206 Å². The zero-order valence-electron chi connectivity index (χ0n) is 45.0. The Morgan fingerprint density at radius 3 is 0.985 bits per heavy atom. The molecule has 1 rings (SSSR count). The number of benzene rings is 1. The van der Waals surface area contributed by atoms with E-state index < -0.39 is 18.0 Å². The first kappa shape index (κ1) is 62.4. The number of carbonyl (C=O) groups excluding carboxylic acids is 3. The predicted octanol–water partition coefficient (Wildman–Crippen LogP) is 16.1. The summed E-state index contributed by atoms with van der Waals surface area (Å²) in [7, 11) is 8.59. The van der Waals surface area contributed by atoms with Gasteiger partial charge in [-0.3, -0.25) is 9.59 Å². The molecule has 0 heterocycles. The number of esters is 1. The van der Waals surface area contributed by atoms with Gasteiger partial charge in [0.1, 0.15) is 24.7 Å². The molecule has 1 N–H and O–H groups in total. The highest BCUT2D eigenvalue weighted by Gasteiger charge is 2.32. The summed E-state index contributed by atoms with van der Waals surface area (Å²) in [6.07, 6.45) is 45.4.